The number of nitrogens with zero attached hydrogens (tertiary/aromatic N) is 4. The van der Waals surface area contributed by atoms with E-state index >= 15 is 0 Å². The molecule has 146 valence electrons. The lowest BCUT2D eigenvalue weighted by atomic mass is 10.1. The average Bonchev–Trinajstić information content (AvgIpc) is 3.11. The van der Waals surface area contributed by atoms with Gasteiger partial charge in [-0.2, -0.15) is 0 Å². The Hall–Kier alpha value is -2.67. The van der Waals surface area contributed by atoms with Crippen LogP contribution in [0.15, 0.2) is 47.9 Å². The largest absolute Gasteiger partial charge is 0.355 e. The van der Waals surface area contributed by atoms with Gasteiger partial charge in [0.25, 0.3) is 0 Å². The minimum atomic E-state index is -0.00265. The van der Waals surface area contributed by atoms with Crippen molar-refractivity contribution in [2.45, 2.75) is 32.9 Å². The van der Waals surface area contributed by atoms with Crippen molar-refractivity contribution in [3.05, 3.63) is 53.9 Å². The van der Waals surface area contributed by atoms with Crippen LogP contribution in [0.4, 0.5) is 0 Å². The quantitative estimate of drug-likeness (QED) is 0.616. The fourth-order valence-corrected chi connectivity index (χ4v) is 3.50. The normalized spacial score (nSPS) is 11.0. The lowest BCUT2D eigenvalue weighted by Crippen LogP contribution is -2.28. The number of benzene rings is 1. The van der Waals surface area contributed by atoms with Crippen LogP contribution in [0.5, 0.6) is 0 Å². The van der Waals surface area contributed by atoms with Crippen LogP contribution in [0, 0.1) is 19.8 Å². The van der Waals surface area contributed by atoms with Gasteiger partial charge in [0.1, 0.15) is 0 Å². The number of amides is 1. The van der Waals surface area contributed by atoms with Gasteiger partial charge in [-0.25, -0.2) is 0 Å². The molecule has 0 atom stereocenters. The van der Waals surface area contributed by atoms with Crippen LogP contribution in [-0.4, -0.2) is 38.0 Å². The maximum absolute atomic E-state index is 12.2. The molecule has 3 rings (SSSR count). The van der Waals surface area contributed by atoms with Gasteiger partial charge in [-0.1, -0.05) is 37.7 Å². The Kier molecular flexibility index (Phi) is 6.46. The molecule has 0 bridgehead atoms. The molecule has 0 radical (unpaired) electrons. The summed E-state index contributed by atoms with van der Waals surface area (Å²) in [5, 5.41) is 12.4. The van der Waals surface area contributed by atoms with Gasteiger partial charge in [-0.3, -0.25) is 14.3 Å². The molecular formula is C21H25N5OS. The first kappa shape index (κ1) is 20.1. The Morgan fingerprint density at radius 1 is 1.21 bits per heavy atom. The first-order valence-electron chi connectivity index (χ1n) is 9.28. The second kappa shape index (κ2) is 9.01. The standard InChI is InChI=1S/C21H25N5OS/c1-14(2)11-23-19(27)13-28-21-25-24-20(17-6-5-9-22-12-17)26(21)18-10-15(3)7-8-16(18)4/h5-10,12,14H,11,13H2,1-4H3,(H,23,27). The minimum Gasteiger partial charge on any atom is -0.355 e. The molecule has 28 heavy (non-hydrogen) atoms. The third-order valence-electron chi connectivity index (χ3n) is 4.20. The number of hydrogen-bond donors (Lipinski definition) is 1. The van der Waals surface area contributed by atoms with Crippen molar-refractivity contribution in [3.8, 4) is 17.1 Å². The van der Waals surface area contributed by atoms with Crippen LogP contribution >= 0.6 is 11.8 Å². The highest BCUT2D eigenvalue weighted by Gasteiger charge is 2.19. The van der Waals surface area contributed by atoms with Gasteiger partial charge in [-0.15, -0.1) is 10.2 Å². The van der Waals surface area contributed by atoms with Crippen molar-refractivity contribution in [1.29, 1.82) is 0 Å². The van der Waals surface area contributed by atoms with Crippen LogP contribution in [0.1, 0.15) is 25.0 Å². The summed E-state index contributed by atoms with van der Waals surface area (Å²) < 4.78 is 2.01. The van der Waals surface area contributed by atoms with E-state index in [4.69, 9.17) is 0 Å². The zero-order valence-corrected chi connectivity index (χ0v) is 17.5. The summed E-state index contributed by atoms with van der Waals surface area (Å²) in [6.45, 7) is 8.94. The zero-order valence-electron chi connectivity index (χ0n) is 16.6. The highest BCUT2D eigenvalue weighted by atomic mass is 32.2. The molecule has 1 amide bonds. The van der Waals surface area contributed by atoms with E-state index in [-0.39, 0.29) is 5.91 Å². The molecular weight excluding hydrogens is 370 g/mol. The first-order chi connectivity index (χ1) is 13.5. The van der Waals surface area contributed by atoms with Crippen molar-refractivity contribution in [2.24, 2.45) is 5.92 Å². The molecule has 6 nitrogen and oxygen atoms in total. The zero-order chi connectivity index (χ0) is 20.1. The fraction of sp³-hybridized carbons (Fsp3) is 0.333. The van der Waals surface area contributed by atoms with Gasteiger partial charge in [-0.05, 0) is 49.1 Å². The predicted octanol–water partition coefficient (Wildman–Crippen LogP) is 3.81. The molecule has 2 aromatic heterocycles. The summed E-state index contributed by atoms with van der Waals surface area (Å²) in [5.74, 6) is 1.43. The Balaban J connectivity index is 1.96. The number of pyridine rings is 1. The third-order valence-corrected chi connectivity index (χ3v) is 5.13. The molecule has 0 aliphatic carbocycles. The van der Waals surface area contributed by atoms with E-state index in [2.05, 4.69) is 66.4 Å². The maximum Gasteiger partial charge on any atom is 0.230 e. The molecule has 0 saturated carbocycles. The molecule has 1 aromatic carbocycles. The Labute approximate surface area is 169 Å². The topological polar surface area (TPSA) is 72.7 Å². The lowest BCUT2D eigenvalue weighted by molar-refractivity contribution is -0.118. The van der Waals surface area contributed by atoms with Gasteiger partial charge in [0.2, 0.25) is 5.91 Å². The van der Waals surface area contributed by atoms with Crippen LogP contribution in [-0.2, 0) is 4.79 Å². The maximum atomic E-state index is 12.2. The third kappa shape index (κ3) is 4.78. The van der Waals surface area contributed by atoms with Crippen molar-refractivity contribution < 1.29 is 4.79 Å². The van der Waals surface area contributed by atoms with E-state index in [0.717, 1.165) is 22.4 Å². The van der Waals surface area contributed by atoms with Gasteiger partial charge >= 0.3 is 0 Å². The van der Waals surface area contributed by atoms with Crippen LogP contribution in [0.25, 0.3) is 17.1 Å². The fourth-order valence-electron chi connectivity index (χ4n) is 2.72. The molecule has 1 N–H and O–H groups in total. The van der Waals surface area contributed by atoms with Gasteiger partial charge in [0, 0.05) is 24.5 Å². The second-order valence-electron chi connectivity index (χ2n) is 7.16. The first-order valence-corrected chi connectivity index (χ1v) is 10.3. The number of aromatic nitrogens is 4. The number of thioether (sulfide) groups is 1. The van der Waals surface area contributed by atoms with Crippen LogP contribution < -0.4 is 5.32 Å². The lowest BCUT2D eigenvalue weighted by Gasteiger charge is -2.14. The summed E-state index contributed by atoms with van der Waals surface area (Å²) in [4.78, 5) is 16.4. The Morgan fingerprint density at radius 3 is 2.75 bits per heavy atom. The second-order valence-corrected chi connectivity index (χ2v) is 8.10. The van der Waals surface area contributed by atoms with E-state index in [0.29, 0.717) is 29.2 Å². The van der Waals surface area contributed by atoms with E-state index in [1.165, 1.54) is 11.8 Å². The number of carbonyl (C=O) groups is 1. The summed E-state index contributed by atoms with van der Waals surface area (Å²) in [6, 6.07) is 10.1. The van der Waals surface area contributed by atoms with Crippen molar-refractivity contribution in [2.75, 3.05) is 12.3 Å². The highest BCUT2D eigenvalue weighted by Crippen LogP contribution is 2.29. The van der Waals surface area contributed by atoms with E-state index in [9.17, 15) is 4.79 Å². The van der Waals surface area contributed by atoms with Crippen LogP contribution in [0.3, 0.4) is 0 Å². The summed E-state index contributed by atoms with van der Waals surface area (Å²) in [5.41, 5.74) is 4.15. The minimum absolute atomic E-state index is 0.00265. The molecule has 0 unspecified atom stereocenters. The molecule has 0 spiro atoms. The molecule has 0 aliphatic rings. The molecule has 3 aromatic rings. The highest BCUT2D eigenvalue weighted by molar-refractivity contribution is 7.99. The van der Waals surface area contributed by atoms with Gasteiger partial charge in [0.15, 0.2) is 11.0 Å². The Morgan fingerprint density at radius 2 is 2.04 bits per heavy atom. The molecule has 7 heteroatoms. The van der Waals surface area contributed by atoms with Crippen molar-refractivity contribution >= 4 is 17.7 Å². The number of nitrogens with one attached hydrogen (secondary N) is 1. The number of carbonyl (C=O) groups excluding carboxylic acids is 1. The molecule has 0 aliphatic heterocycles. The van der Waals surface area contributed by atoms with Crippen molar-refractivity contribution in [1.82, 2.24) is 25.1 Å². The van der Waals surface area contributed by atoms with Gasteiger partial charge in [0.05, 0.1) is 11.4 Å². The number of aryl methyl sites for hydroxylation is 2. The monoisotopic (exact) mass is 395 g/mol. The Bertz CT molecular complexity index is 953. The molecule has 0 fully saturated rings. The summed E-state index contributed by atoms with van der Waals surface area (Å²) >= 11 is 1.39. The number of hydrogen-bond acceptors (Lipinski definition) is 5. The van der Waals surface area contributed by atoms with Gasteiger partial charge < -0.3 is 5.32 Å². The smallest absolute Gasteiger partial charge is 0.230 e. The number of rotatable bonds is 7. The van der Waals surface area contributed by atoms with E-state index in [1.807, 2.05) is 16.7 Å². The SMILES string of the molecule is Cc1ccc(C)c(-n2c(SCC(=O)NCC(C)C)nnc2-c2cccnc2)c1. The van der Waals surface area contributed by atoms with E-state index < -0.39 is 0 Å². The summed E-state index contributed by atoms with van der Waals surface area (Å²) in [7, 11) is 0. The predicted molar refractivity (Wildman–Crippen MR) is 113 cm³/mol. The van der Waals surface area contributed by atoms with E-state index in [1.54, 1.807) is 12.4 Å². The average molecular weight is 396 g/mol. The van der Waals surface area contributed by atoms with Crippen LogP contribution in [0.2, 0.25) is 0 Å². The molecule has 2 heterocycles. The molecule has 0 saturated heterocycles. The van der Waals surface area contributed by atoms with Crippen molar-refractivity contribution in [3.63, 3.8) is 0 Å². The summed E-state index contributed by atoms with van der Waals surface area (Å²) in [6.07, 6.45) is 3.51.